The van der Waals surface area contributed by atoms with Crippen LogP contribution in [0.2, 0.25) is 0 Å². The predicted octanol–water partition coefficient (Wildman–Crippen LogP) is 3.95. The lowest BCUT2D eigenvalue weighted by molar-refractivity contribution is -0.0598. The minimum atomic E-state index is -0.342. The minimum absolute atomic E-state index is 0.342. The second-order valence-electron chi connectivity index (χ2n) is 5.61. The van der Waals surface area contributed by atoms with Crippen LogP contribution in [0.5, 0.6) is 5.75 Å². The Kier molecular flexibility index (Phi) is 6.21. The molecular formula is C19H24N2O3. The van der Waals surface area contributed by atoms with Gasteiger partial charge in [0.1, 0.15) is 5.75 Å². The Morgan fingerprint density at radius 2 is 1.79 bits per heavy atom. The molecule has 0 spiro atoms. The van der Waals surface area contributed by atoms with Gasteiger partial charge < -0.3 is 10.1 Å². The fraction of sp³-hybridized carbons (Fsp3) is 0.316. The summed E-state index contributed by atoms with van der Waals surface area (Å²) in [5.41, 5.74) is 4.54. The number of nitrogens with one attached hydrogen (secondary N) is 1. The zero-order valence-corrected chi connectivity index (χ0v) is 14.6. The molecule has 0 radical (unpaired) electrons. The summed E-state index contributed by atoms with van der Waals surface area (Å²) in [7, 11) is 2.98. The van der Waals surface area contributed by atoms with Crippen LogP contribution >= 0.6 is 0 Å². The van der Waals surface area contributed by atoms with Gasteiger partial charge in [-0.3, -0.25) is 4.84 Å². The number of benzene rings is 2. The molecule has 5 nitrogen and oxygen atoms in total. The lowest BCUT2D eigenvalue weighted by Gasteiger charge is -2.15. The smallest absolute Gasteiger partial charge is 0.345 e. The van der Waals surface area contributed by atoms with Crippen molar-refractivity contribution in [2.45, 2.75) is 20.3 Å². The fourth-order valence-corrected chi connectivity index (χ4v) is 2.46. The quantitative estimate of drug-likeness (QED) is 0.817. The topological polar surface area (TPSA) is 50.8 Å². The summed E-state index contributed by atoms with van der Waals surface area (Å²) in [5, 5.41) is 3.86. The molecule has 0 aromatic heterocycles. The van der Waals surface area contributed by atoms with E-state index in [2.05, 4.69) is 37.4 Å². The van der Waals surface area contributed by atoms with Crippen LogP contribution in [0.15, 0.2) is 42.5 Å². The average Bonchev–Trinajstić information content (AvgIpc) is 2.57. The molecule has 0 saturated carbocycles. The number of rotatable bonds is 6. The standard InChI is InChI=1S/C19H24N2O3/c1-14-7-5-8-15(2)18(14)11-12-24-17-10-6-9-16(13-17)20-19(22)21(3)23-4/h5-10,13H,11-12H2,1-4H3,(H,20,22). The number of carbonyl (C=O) groups is 1. The van der Waals surface area contributed by atoms with Gasteiger partial charge >= 0.3 is 6.03 Å². The maximum Gasteiger partial charge on any atom is 0.345 e. The van der Waals surface area contributed by atoms with Crippen molar-refractivity contribution in [3.8, 4) is 5.75 Å². The molecule has 0 bridgehead atoms. The first-order valence-electron chi connectivity index (χ1n) is 7.88. The van der Waals surface area contributed by atoms with E-state index in [0.717, 1.165) is 17.2 Å². The molecule has 0 aliphatic carbocycles. The van der Waals surface area contributed by atoms with Crippen molar-refractivity contribution in [1.29, 1.82) is 0 Å². The van der Waals surface area contributed by atoms with E-state index in [4.69, 9.17) is 9.57 Å². The normalized spacial score (nSPS) is 10.3. The van der Waals surface area contributed by atoms with Gasteiger partial charge in [-0.05, 0) is 42.7 Å². The molecule has 0 unspecified atom stereocenters. The van der Waals surface area contributed by atoms with Crippen LogP contribution in [0.3, 0.4) is 0 Å². The summed E-state index contributed by atoms with van der Waals surface area (Å²) in [4.78, 5) is 16.6. The van der Waals surface area contributed by atoms with Crippen LogP contribution in [0.4, 0.5) is 10.5 Å². The highest BCUT2D eigenvalue weighted by atomic mass is 16.7. The molecule has 0 atom stereocenters. The molecule has 5 heteroatoms. The Bertz CT molecular complexity index is 681. The molecule has 0 aliphatic rings. The molecule has 1 N–H and O–H groups in total. The lowest BCUT2D eigenvalue weighted by atomic mass is 10.0. The number of amides is 2. The van der Waals surface area contributed by atoms with Gasteiger partial charge in [-0.25, -0.2) is 9.86 Å². The Hall–Kier alpha value is -2.53. The third kappa shape index (κ3) is 4.73. The first kappa shape index (κ1) is 17.8. The Morgan fingerprint density at radius 3 is 2.46 bits per heavy atom. The van der Waals surface area contributed by atoms with Crippen molar-refractivity contribution in [3.63, 3.8) is 0 Å². The monoisotopic (exact) mass is 328 g/mol. The third-order valence-electron chi connectivity index (χ3n) is 3.91. The van der Waals surface area contributed by atoms with Gasteiger partial charge in [0.2, 0.25) is 0 Å². The van der Waals surface area contributed by atoms with Gasteiger partial charge in [0.15, 0.2) is 0 Å². The zero-order valence-electron chi connectivity index (χ0n) is 14.6. The summed E-state index contributed by atoms with van der Waals surface area (Å²) in [6.45, 7) is 4.82. The summed E-state index contributed by atoms with van der Waals surface area (Å²) < 4.78 is 5.83. The number of hydrogen-bond acceptors (Lipinski definition) is 3. The molecular weight excluding hydrogens is 304 g/mol. The largest absolute Gasteiger partial charge is 0.493 e. The number of nitrogens with zero attached hydrogens (tertiary/aromatic N) is 1. The molecule has 2 aromatic rings. The molecule has 0 fully saturated rings. The number of anilines is 1. The van der Waals surface area contributed by atoms with Gasteiger partial charge in [-0.1, -0.05) is 24.3 Å². The number of urea groups is 1. The van der Waals surface area contributed by atoms with Gasteiger partial charge in [-0.2, -0.15) is 0 Å². The zero-order chi connectivity index (χ0) is 17.5. The number of aryl methyl sites for hydroxylation is 2. The molecule has 0 saturated heterocycles. The van der Waals surface area contributed by atoms with Crippen molar-refractivity contribution in [1.82, 2.24) is 5.06 Å². The van der Waals surface area contributed by atoms with E-state index < -0.39 is 0 Å². The van der Waals surface area contributed by atoms with Crippen LogP contribution in [-0.2, 0) is 11.3 Å². The minimum Gasteiger partial charge on any atom is -0.493 e. The summed E-state index contributed by atoms with van der Waals surface area (Å²) in [6, 6.07) is 13.3. The summed E-state index contributed by atoms with van der Waals surface area (Å²) in [5.74, 6) is 0.721. The number of hydrogen-bond donors (Lipinski definition) is 1. The lowest BCUT2D eigenvalue weighted by Crippen LogP contribution is -2.30. The predicted molar refractivity (Wildman–Crippen MR) is 95.3 cm³/mol. The first-order valence-corrected chi connectivity index (χ1v) is 7.88. The maximum absolute atomic E-state index is 11.8. The van der Waals surface area contributed by atoms with E-state index in [1.807, 2.05) is 12.1 Å². The van der Waals surface area contributed by atoms with Crippen molar-refractivity contribution in [3.05, 3.63) is 59.2 Å². The van der Waals surface area contributed by atoms with Crippen LogP contribution in [-0.4, -0.2) is 31.9 Å². The number of hydroxylamine groups is 2. The fourth-order valence-electron chi connectivity index (χ4n) is 2.46. The highest BCUT2D eigenvalue weighted by Crippen LogP contribution is 2.19. The average molecular weight is 328 g/mol. The number of carbonyl (C=O) groups excluding carboxylic acids is 1. The summed E-state index contributed by atoms with van der Waals surface area (Å²) >= 11 is 0. The number of ether oxygens (including phenoxy) is 1. The van der Waals surface area contributed by atoms with Gasteiger partial charge in [0, 0.05) is 25.2 Å². The van der Waals surface area contributed by atoms with E-state index in [9.17, 15) is 4.79 Å². The molecule has 128 valence electrons. The Morgan fingerprint density at radius 1 is 1.12 bits per heavy atom. The molecule has 2 amide bonds. The van der Waals surface area contributed by atoms with Crippen LogP contribution < -0.4 is 10.1 Å². The van der Waals surface area contributed by atoms with E-state index >= 15 is 0 Å². The highest BCUT2D eigenvalue weighted by Gasteiger charge is 2.08. The van der Waals surface area contributed by atoms with Crippen LogP contribution in [0, 0.1) is 13.8 Å². The van der Waals surface area contributed by atoms with Crippen molar-refractivity contribution in [2.24, 2.45) is 0 Å². The van der Waals surface area contributed by atoms with Crippen molar-refractivity contribution in [2.75, 3.05) is 26.1 Å². The first-order chi connectivity index (χ1) is 11.5. The van der Waals surface area contributed by atoms with Gasteiger partial charge in [0.05, 0.1) is 13.7 Å². The molecule has 2 aromatic carbocycles. The Labute approximate surface area is 143 Å². The van der Waals surface area contributed by atoms with Crippen molar-refractivity contribution < 1.29 is 14.4 Å². The highest BCUT2D eigenvalue weighted by molar-refractivity contribution is 5.88. The molecule has 24 heavy (non-hydrogen) atoms. The molecule has 0 heterocycles. The summed E-state index contributed by atoms with van der Waals surface area (Å²) in [6.07, 6.45) is 0.849. The van der Waals surface area contributed by atoms with Gasteiger partial charge in [-0.15, -0.1) is 0 Å². The SMILES string of the molecule is CON(C)C(=O)Nc1cccc(OCCc2c(C)cccc2C)c1. The van der Waals surface area contributed by atoms with Crippen LogP contribution in [0.25, 0.3) is 0 Å². The van der Waals surface area contributed by atoms with E-state index in [0.29, 0.717) is 12.3 Å². The van der Waals surface area contributed by atoms with Gasteiger partial charge in [0.25, 0.3) is 0 Å². The molecule has 2 rings (SSSR count). The van der Waals surface area contributed by atoms with E-state index in [1.165, 1.54) is 23.8 Å². The maximum atomic E-state index is 11.8. The second kappa shape index (κ2) is 8.36. The van der Waals surface area contributed by atoms with Crippen LogP contribution in [0.1, 0.15) is 16.7 Å². The second-order valence-corrected chi connectivity index (χ2v) is 5.61. The van der Waals surface area contributed by atoms with Crippen molar-refractivity contribution >= 4 is 11.7 Å². The molecule has 0 aliphatic heterocycles. The Balaban J connectivity index is 1.94. The third-order valence-corrected chi connectivity index (χ3v) is 3.91. The van der Waals surface area contributed by atoms with E-state index in [1.54, 1.807) is 19.2 Å². The van der Waals surface area contributed by atoms with E-state index in [-0.39, 0.29) is 6.03 Å².